The van der Waals surface area contributed by atoms with Gasteiger partial charge in [-0.05, 0) is 50.9 Å². The van der Waals surface area contributed by atoms with Crippen molar-refractivity contribution in [2.45, 2.75) is 103 Å². The van der Waals surface area contributed by atoms with Crippen LogP contribution in [-0.4, -0.2) is 23.3 Å². The molecule has 0 amide bonds. The van der Waals surface area contributed by atoms with Gasteiger partial charge in [0.1, 0.15) is 11.7 Å². The Morgan fingerprint density at radius 3 is 2.61 bits per heavy atom. The van der Waals surface area contributed by atoms with Crippen LogP contribution >= 0.6 is 0 Å². The van der Waals surface area contributed by atoms with Crippen molar-refractivity contribution in [1.82, 2.24) is 0 Å². The largest absolute Gasteiger partial charge is 0.456 e. The van der Waals surface area contributed by atoms with Crippen LogP contribution < -0.4 is 0 Å². The highest BCUT2D eigenvalue weighted by atomic mass is 16.6. The zero-order chi connectivity index (χ0) is 16.9. The molecule has 2 aliphatic heterocycles. The van der Waals surface area contributed by atoms with E-state index in [1.807, 2.05) is 0 Å². The summed E-state index contributed by atoms with van der Waals surface area (Å²) in [5.41, 5.74) is -0.437. The highest BCUT2D eigenvalue weighted by Gasteiger charge is 2.60. The monoisotopic (exact) mass is 322 g/mol. The molecule has 0 aromatic rings. The summed E-state index contributed by atoms with van der Waals surface area (Å²) >= 11 is 0. The molecule has 0 spiro atoms. The van der Waals surface area contributed by atoms with Crippen LogP contribution in [0.4, 0.5) is 0 Å². The normalized spacial score (nSPS) is 34.8. The van der Waals surface area contributed by atoms with Crippen LogP contribution in [0.3, 0.4) is 0 Å². The van der Waals surface area contributed by atoms with Gasteiger partial charge in [0, 0.05) is 6.42 Å². The molecule has 2 aliphatic rings. The Kier molecular flexibility index (Phi) is 6.30. The van der Waals surface area contributed by atoms with Crippen LogP contribution in [0.1, 0.15) is 85.5 Å². The van der Waals surface area contributed by atoms with Gasteiger partial charge in [0.25, 0.3) is 0 Å². The fourth-order valence-corrected chi connectivity index (χ4v) is 4.27. The summed E-state index contributed by atoms with van der Waals surface area (Å²) in [5.74, 6) is 0.597. The van der Waals surface area contributed by atoms with E-state index < -0.39 is 0 Å². The van der Waals surface area contributed by atoms with Gasteiger partial charge in [-0.25, -0.2) is 0 Å². The lowest BCUT2D eigenvalue weighted by Crippen LogP contribution is -2.35. The average Bonchev–Trinajstić information content (AvgIpc) is 3.00. The molecular formula is C20H34O3. The third kappa shape index (κ3) is 3.99. The molecule has 2 heterocycles. The molecule has 1 unspecified atom stereocenters. The smallest absolute Gasteiger partial charge is 0.309 e. The number of allylic oxidation sites excluding steroid dienone is 2. The van der Waals surface area contributed by atoms with Crippen molar-refractivity contribution in [3.63, 3.8) is 0 Å². The predicted octanol–water partition coefficient (Wildman–Crippen LogP) is 5.18. The minimum Gasteiger partial charge on any atom is -0.456 e. The maximum atomic E-state index is 11.7. The molecule has 2 fully saturated rings. The SMILES string of the molecule is CC/C=C/C(CC)CCC[C@@]1(CC)C[C@]2(CC)OC(=O)C[C@@H]2O1. The number of esters is 1. The number of fused-ring (bicyclic) bond motifs is 1. The first-order valence-electron chi connectivity index (χ1n) is 9.59. The highest BCUT2D eigenvalue weighted by Crippen LogP contribution is 2.51. The Labute approximate surface area is 141 Å². The molecule has 0 bridgehead atoms. The fraction of sp³-hybridized carbons (Fsp3) is 0.850. The minimum atomic E-state index is -0.348. The second-order valence-electron chi connectivity index (χ2n) is 7.31. The summed E-state index contributed by atoms with van der Waals surface area (Å²) < 4.78 is 12.1. The topological polar surface area (TPSA) is 35.5 Å². The summed E-state index contributed by atoms with van der Waals surface area (Å²) in [5, 5.41) is 0. The summed E-state index contributed by atoms with van der Waals surface area (Å²) in [7, 11) is 0. The third-order valence-electron chi connectivity index (χ3n) is 5.89. The Bertz CT molecular complexity index is 431. The number of hydrogen-bond acceptors (Lipinski definition) is 3. The molecular weight excluding hydrogens is 288 g/mol. The van der Waals surface area contributed by atoms with Crippen LogP contribution in [0.2, 0.25) is 0 Å². The molecule has 0 aliphatic carbocycles. The molecule has 2 saturated heterocycles. The van der Waals surface area contributed by atoms with Gasteiger partial charge in [-0.15, -0.1) is 0 Å². The van der Waals surface area contributed by atoms with Gasteiger partial charge in [-0.1, -0.05) is 39.8 Å². The maximum absolute atomic E-state index is 11.7. The van der Waals surface area contributed by atoms with Gasteiger partial charge in [-0.3, -0.25) is 4.79 Å². The molecule has 23 heavy (non-hydrogen) atoms. The van der Waals surface area contributed by atoms with E-state index in [0.717, 1.165) is 32.1 Å². The summed E-state index contributed by atoms with van der Waals surface area (Å²) in [6.45, 7) is 8.78. The Morgan fingerprint density at radius 2 is 2.04 bits per heavy atom. The zero-order valence-corrected chi connectivity index (χ0v) is 15.4. The molecule has 0 aromatic carbocycles. The highest BCUT2D eigenvalue weighted by molar-refractivity contribution is 5.73. The zero-order valence-electron chi connectivity index (χ0n) is 15.4. The van der Waals surface area contributed by atoms with E-state index in [0.29, 0.717) is 12.3 Å². The first-order chi connectivity index (χ1) is 11.0. The lowest BCUT2D eigenvalue weighted by Gasteiger charge is -2.30. The molecule has 0 radical (unpaired) electrons. The van der Waals surface area contributed by atoms with Crippen LogP contribution in [0, 0.1) is 5.92 Å². The summed E-state index contributed by atoms with van der Waals surface area (Å²) in [6.07, 6.45) is 13.6. The van der Waals surface area contributed by atoms with Crippen LogP contribution in [0.5, 0.6) is 0 Å². The van der Waals surface area contributed by atoms with E-state index in [1.165, 1.54) is 19.3 Å². The van der Waals surface area contributed by atoms with Gasteiger partial charge in [0.2, 0.25) is 0 Å². The number of carbonyl (C=O) groups excluding carboxylic acids is 1. The number of rotatable bonds is 9. The quantitative estimate of drug-likeness (QED) is 0.433. The van der Waals surface area contributed by atoms with Crippen molar-refractivity contribution in [2.24, 2.45) is 5.92 Å². The number of ether oxygens (including phenoxy) is 2. The van der Waals surface area contributed by atoms with E-state index in [1.54, 1.807) is 0 Å². The second kappa shape index (κ2) is 7.83. The van der Waals surface area contributed by atoms with Gasteiger partial charge in [0.05, 0.1) is 12.0 Å². The Morgan fingerprint density at radius 1 is 1.26 bits per heavy atom. The molecule has 3 heteroatoms. The molecule has 4 atom stereocenters. The standard InChI is InChI=1S/C20H34O3/c1-5-9-11-16(6-2)12-10-13-19(7-3)15-20(8-4)17(22-19)14-18(21)23-20/h9,11,16-17H,5-8,10,12-15H2,1-4H3/b11-9+/t16?,17-,19-,20-/m0/s1. The summed E-state index contributed by atoms with van der Waals surface area (Å²) in [6, 6.07) is 0. The van der Waals surface area contributed by atoms with Crippen LogP contribution in [0.25, 0.3) is 0 Å². The molecule has 0 N–H and O–H groups in total. The average molecular weight is 322 g/mol. The fourth-order valence-electron chi connectivity index (χ4n) is 4.27. The molecule has 0 saturated carbocycles. The van der Waals surface area contributed by atoms with E-state index in [2.05, 4.69) is 39.8 Å². The Balaban J connectivity index is 1.93. The molecule has 3 nitrogen and oxygen atoms in total. The predicted molar refractivity (Wildman–Crippen MR) is 93.3 cm³/mol. The van der Waals surface area contributed by atoms with Gasteiger partial charge >= 0.3 is 5.97 Å². The van der Waals surface area contributed by atoms with Gasteiger partial charge in [0.15, 0.2) is 0 Å². The van der Waals surface area contributed by atoms with Gasteiger partial charge < -0.3 is 9.47 Å². The maximum Gasteiger partial charge on any atom is 0.309 e. The van der Waals surface area contributed by atoms with Crippen LogP contribution in [0.15, 0.2) is 12.2 Å². The molecule has 2 rings (SSSR count). The third-order valence-corrected chi connectivity index (χ3v) is 5.89. The van der Waals surface area contributed by atoms with Crippen LogP contribution in [-0.2, 0) is 14.3 Å². The molecule has 132 valence electrons. The van der Waals surface area contributed by atoms with Crippen molar-refractivity contribution in [1.29, 1.82) is 0 Å². The van der Waals surface area contributed by atoms with Gasteiger partial charge in [-0.2, -0.15) is 0 Å². The first kappa shape index (κ1) is 18.5. The summed E-state index contributed by atoms with van der Waals surface area (Å²) in [4.78, 5) is 11.7. The minimum absolute atomic E-state index is 0.0260. The van der Waals surface area contributed by atoms with Crippen molar-refractivity contribution in [2.75, 3.05) is 0 Å². The van der Waals surface area contributed by atoms with Crippen molar-refractivity contribution >= 4 is 5.97 Å². The van der Waals surface area contributed by atoms with E-state index in [-0.39, 0.29) is 23.3 Å². The lowest BCUT2D eigenvalue weighted by molar-refractivity contribution is -0.149. The van der Waals surface area contributed by atoms with E-state index in [9.17, 15) is 4.79 Å². The first-order valence-corrected chi connectivity index (χ1v) is 9.59. The molecule has 0 aromatic heterocycles. The van der Waals surface area contributed by atoms with Crippen molar-refractivity contribution in [3.8, 4) is 0 Å². The number of carbonyl (C=O) groups is 1. The van der Waals surface area contributed by atoms with Crippen molar-refractivity contribution < 1.29 is 14.3 Å². The Hall–Kier alpha value is -0.830. The van der Waals surface area contributed by atoms with E-state index >= 15 is 0 Å². The van der Waals surface area contributed by atoms with E-state index in [4.69, 9.17) is 9.47 Å². The lowest BCUT2D eigenvalue weighted by atomic mass is 9.81. The number of hydrogen-bond donors (Lipinski definition) is 0. The second-order valence-corrected chi connectivity index (χ2v) is 7.31. The van der Waals surface area contributed by atoms with Crippen molar-refractivity contribution in [3.05, 3.63) is 12.2 Å².